The zero-order valence-corrected chi connectivity index (χ0v) is 10.3. The Labute approximate surface area is 70.4 Å². The Bertz CT molecular complexity index is 90.4. The summed E-state index contributed by atoms with van der Waals surface area (Å²) in [4.78, 5) is 1.95. The van der Waals surface area contributed by atoms with Gasteiger partial charge in [0.1, 0.15) is 0 Å². The molecule has 3 heteroatoms. The number of halogens is 2. The fourth-order valence-electron chi connectivity index (χ4n) is 0.303. The number of rotatable bonds is 2. The molecule has 0 aliphatic rings. The maximum Gasteiger partial charge on any atom is 0.0130 e. The van der Waals surface area contributed by atoms with Crippen molar-refractivity contribution in [2.45, 2.75) is 18.9 Å². The summed E-state index contributed by atoms with van der Waals surface area (Å²) < 4.78 is 1.30. The molecule has 0 radical (unpaired) electrons. The van der Waals surface area contributed by atoms with Crippen molar-refractivity contribution in [1.29, 1.82) is 0 Å². The molecule has 0 nitrogen and oxygen atoms in total. The minimum atomic E-state index is 0.786. The van der Waals surface area contributed by atoms with E-state index >= 15 is 0 Å². The molecule has 0 saturated heterocycles. The van der Waals surface area contributed by atoms with Crippen LogP contribution >= 0.6 is 31.9 Å². The molecule has 0 N–H and O–H groups in total. The summed E-state index contributed by atoms with van der Waals surface area (Å²) in [5.41, 5.74) is 0.786. The molecule has 0 amide bonds. The summed E-state index contributed by atoms with van der Waals surface area (Å²) in [6.07, 6.45) is 1.24. The van der Waals surface area contributed by atoms with Crippen LogP contribution < -0.4 is 0 Å². The predicted octanol–water partition coefficient (Wildman–Crippen LogP) is 2.18. The maximum absolute atomic E-state index is 3.45. The van der Waals surface area contributed by atoms with E-state index in [1.807, 2.05) is 4.99 Å². The molecule has 48 valence electrons. The second-order valence-corrected chi connectivity index (χ2v) is 4.57. The van der Waals surface area contributed by atoms with Crippen molar-refractivity contribution in [2.75, 3.05) is 0 Å². The van der Waals surface area contributed by atoms with E-state index in [4.69, 9.17) is 0 Å². The van der Waals surface area contributed by atoms with Crippen molar-refractivity contribution < 1.29 is 0 Å². The van der Waals surface area contributed by atoms with E-state index in [-0.39, 0.29) is 0 Å². The minimum Gasteiger partial charge on any atom is -0.0651 e. The average molecular weight is 258 g/mol. The van der Waals surface area contributed by atoms with Gasteiger partial charge in [0.2, 0.25) is 0 Å². The Balaban J connectivity index is 3.63. The molecule has 0 aromatic heterocycles. The summed E-state index contributed by atoms with van der Waals surface area (Å²) in [7, 11) is 1.24. The first-order valence-corrected chi connectivity index (χ1v) is 5.54. The third-order valence-electron chi connectivity index (χ3n) is 1.19. The van der Waals surface area contributed by atoms with Crippen molar-refractivity contribution in [2.24, 2.45) is 0 Å². The Hall–Kier alpha value is 0.917. The molecule has 0 aromatic carbocycles. The van der Waals surface area contributed by atoms with Crippen LogP contribution in [0.15, 0.2) is 9.47 Å². The van der Waals surface area contributed by atoms with Gasteiger partial charge in [0.05, 0.1) is 0 Å². The van der Waals surface area contributed by atoms with E-state index in [0.717, 1.165) is 5.54 Å². The van der Waals surface area contributed by atoms with Gasteiger partial charge in [-0.05, 0) is 10.5 Å². The lowest BCUT2D eigenvalue weighted by molar-refractivity contribution is 0.946. The molecule has 0 spiro atoms. The van der Waals surface area contributed by atoms with Crippen LogP contribution in [-0.2, 0) is 0 Å². The van der Waals surface area contributed by atoms with Gasteiger partial charge < -0.3 is 0 Å². The minimum absolute atomic E-state index is 0.786. The first-order valence-electron chi connectivity index (χ1n) is 2.68. The molecule has 0 heterocycles. The lowest BCUT2D eigenvalue weighted by Gasteiger charge is -2.03. The van der Waals surface area contributed by atoms with Gasteiger partial charge in [-0.3, -0.25) is 0 Å². The summed E-state index contributed by atoms with van der Waals surface area (Å²) in [6, 6.07) is 0. The number of allylic oxidation sites excluding steroid dienone is 1. The van der Waals surface area contributed by atoms with Gasteiger partial charge in [-0.1, -0.05) is 45.2 Å². The predicted molar refractivity (Wildman–Crippen MR) is 49.9 cm³/mol. The smallest absolute Gasteiger partial charge is 0.0130 e. The molecule has 1 unspecified atom stereocenters. The van der Waals surface area contributed by atoms with Gasteiger partial charge in [-0.15, -0.1) is 0 Å². The highest BCUT2D eigenvalue weighted by Gasteiger charge is 1.99. The van der Waals surface area contributed by atoms with E-state index < -0.39 is 0 Å². The standard InChI is InChI=1S/C5H10Br2Si/c1-2-5(8)4(7)3-6/h3,5H,2H2,1,8H3. The van der Waals surface area contributed by atoms with Crippen molar-refractivity contribution in [3.05, 3.63) is 9.47 Å². The van der Waals surface area contributed by atoms with E-state index in [1.165, 1.54) is 21.1 Å². The molecule has 1 atom stereocenters. The molecular weight excluding hydrogens is 248 g/mol. The van der Waals surface area contributed by atoms with E-state index in [0.29, 0.717) is 0 Å². The zero-order chi connectivity index (χ0) is 6.57. The monoisotopic (exact) mass is 256 g/mol. The van der Waals surface area contributed by atoms with Crippen molar-refractivity contribution in [1.82, 2.24) is 0 Å². The third-order valence-corrected chi connectivity index (χ3v) is 5.59. The van der Waals surface area contributed by atoms with E-state index in [1.54, 1.807) is 0 Å². The average Bonchev–Trinajstić information content (AvgIpc) is 1.84. The van der Waals surface area contributed by atoms with Gasteiger partial charge in [-0.25, -0.2) is 0 Å². The summed E-state index contributed by atoms with van der Waals surface area (Å²) in [6.45, 7) is 2.20. The molecule has 0 aliphatic carbocycles. The second kappa shape index (κ2) is 4.76. The first-order chi connectivity index (χ1) is 3.72. The van der Waals surface area contributed by atoms with Gasteiger partial charge in [-0.2, -0.15) is 0 Å². The fourth-order valence-corrected chi connectivity index (χ4v) is 1.73. The molecule has 0 aliphatic heterocycles. The van der Waals surface area contributed by atoms with Crippen LogP contribution in [0, 0.1) is 0 Å². The van der Waals surface area contributed by atoms with Crippen LogP contribution in [0.25, 0.3) is 0 Å². The summed E-state index contributed by atoms with van der Waals surface area (Å²) >= 11 is 6.72. The molecule has 0 aromatic rings. The highest BCUT2D eigenvalue weighted by Crippen LogP contribution is 2.24. The first kappa shape index (κ1) is 8.92. The van der Waals surface area contributed by atoms with Crippen LogP contribution in [0.4, 0.5) is 0 Å². The van der Waals surface area contributed by atoms with Crippen molar-refractivity contribution in [3.8, 4) is 0 Å². The van der Waals surface area contributed by atoms with Gasteiger partial charge in [0.25, 0.3) is 0 Å². The second-order valence-electron chi connectivity index (χ2n) is 1.80. The van der Waals surface area contributed by atoms with E-state index in [9.17, 15) is 0 Å². The Morgan fingerprint density at radius 1 is 1.88 bits per heavy atom. The molecule has 0 bridgehead atoms. The number of hydrogen-bond acceptors (Lipinski definition) is 0. The van der Waals surface area contributed by atoms with Crippen LogP contribution in [0.3, 0.4) is 0 Å². The topological polar surface area (TPSA) is 0 Å². The van der Waals surface area contributed by atoms with Crippen LogP contribution in [0.1, 0.15) is 13.3 Å². The quantitative estimate of drug-likeness (QED) is 0.666. The Morgan fingerprint density at radius 2 is 2.38 bits per heavy atom. The van der Waals surface area contributed by atoms with E-state index in [2.05, 4.69) is 38.8 Å². The van der Waals surface area contributed by atoms with Gasteiger partial charge in [0.15, 0.2) is 0 Å². The van der Waals surface area contributed by atoms with Crippen molar-refractivity contribution in [3.63, 3.8) is 0 Å². The SMILES string of the molecule is CCC([SiH3])C(Br)=CBr. The third kappa shape index (κ3) is 3.05. The van der Waals surface area contributed by atoms with Crippen LogP contribution in [-0.4, -0.2) is 10.2 Å². The largest absolute Gasteiger partial charge is 0.0651 e. The fraction of sp³-hybridized carbons (Fsp3) is 0.600. The van der Waals surface area contributed by atoms with Crippen LogP contribution in [0.2, 0.25) is 5.54 Å². The van der Waals surface area contributed by atoms with Gasteiger partial charge >= 0.3 is 0 Å². The van der Waals surface area contributed by atoms with Crippen molar-refractivity contribution >= 4 is 42.1 Å². The molecule has 8 heavy (non-hydrogen) atoms. The highest BCUT2D eigenvalue weighted by molar-refractivity contribution is 9.14. The summed E-state index contributed by atoms with van der Waals surface area (Å²) in [5.74, 6) is 0. The molecule has 0 fully saturated rings. The van der Waals surface area contributed by atoms with Crippen LogP contribution in [0.5, 0.6) is 0 Å². The summed E-state index contributed by atoms with van der Waals surface area (Å²) in [5, 5.41) is 0. The molecule has 0 saturated carbocycles. The lowest BCUT2D eigenvalue weighted by Crippen LogP contribution is -1.86. The normalized spacial score (nSPS) is 16.6. The maximum atomic E-state index is 3.45. The zero-order valence-electron chi connectivity index (χ0n) is 5.12. The molecule has 0 rings (SSSR count). The molecular formula is C5H10Br2Si. The number of hydrogen-bond donors (Lipinski definition) is 0. The van der Waals surface area contributed by atoms with Gasteiger partial charge in [0, 0.05) is 14.7 Å². The Morgan fingerprint density at radius 3 is 2.50 bits per heavy atom. The lowest BCUT2D eigenvalue weighted by atomic mass is 10.3. The highest BCUT2D eigenvalue weighted by atomic mass is 79.9. The Kier molecular flexibility index (Phi) is 5.31.